The summed E-state index contributed by atoms with van der Waals surface area (Å²) < 4.78 is 40.0. The van der Waals surface area contributed by atoms with E-state index in [9.17, 15) is 18.0 Å². The summed E-state index contributed by atoms with van der Waals surface area (Å²) in [6.45, 7) is 1.79. The molecule has 0 unspecified atom stereocenters. The summed E-state index contributed by atoms with van der Waals surface area (Å²) in [6.07, 6.45) is 0. The first-order chi connectivity index (χ1) is 15.2. The molecule has 2 aromatic heterocycles. The summed E-state index contributed by atoms with van der Waals surface area (Å²) in [6, 6.07) is 9.46. The molecule has 0 spiro atoms. The van der Waals surface area contributed by atoms with Crippen molar-refractivity contribution in [1.29, 1.82) is 0 Å². The van der Waals surface area contributed by atoms with Gasteiger partial charge >= 0.3 is 5.76 Å². The zero-order valence-corrected chi connectivity index (χ0v) is 18.5. The van der Waals surface area contributed by atoms with Crippen LogP contribution in [0.3, 0.4) is 0 Å². The van der Waals surface area contributed by atoms with Crippen LogP contribution in [0.4, 0.5) is 10.8 Å². The van der Waals surface area contributed by atoms with Gasteiger partial charge in [0.2, 0.25) is 0 Å². The third kappa shape index (κ3) is 3.42. The third-order valence-corrected chi connectivity index (χ3v) is 7.33. The maximum absolute atomic E-state index is 12.9. The van der Waals surface area contributed by atoms with Gasteiger partial charge in [-0.15, -0.1) is 11.3 Å². The molecule has 3 heterocycles. The Hall–Kier alpha value is -3.64. The summed E-state index contributed by atoms with van der Waals surface area (Å²) in [4.78, 5) is 28.4. The number of fused-ring (bicyclic) bond motifs is 2. The fraction of sp³-hybridized carbons (Fsp3) is 0.150. The molecule has 1 aliphatic rings. The molecular weight excluding hydrogens is 456 g/mol. The van der Waals surface area contributed by atoms with Crippen LogP contribution in [0.2, 0.25) is 0 Å². The number of carbonyl (C=O) groups excluding carboxylic acids is 1. The minimum absolute atomic E-state index is 0.0355. The molecule has 0 saturated carbocycles. The number of rotatable bonds is 4. The minimum atomic E-state index is -3.97. The molecule has 164 valence electrons. The van der Waals surface area contributed by atoms with E-state index in [0.29, 0.717) is 28.2 Å². The zero-order chi connectivity index (χ0) is 22.6. The SMILES string of the molecule is Cc1sc(NS(=O)(=O)c2ccc3c(c2)oc(=O)n3C)nc1-c1ccc2c(c1)NC(=O)CO2. The molecule has 0 saturated heterocycles. The number of benzene rings is 2. The highest BCUT2D eigenvalue weighted by Gasteiger charge is 2.21. The van der Waals surface area contributed by atoms with E-state index in [1.165, 1.54) is 34.1 Å². The van der Waals surface area contributed by atoms with Crippen molar-refractivity contribution in [1.82, 2.24) is 9.55 Å². The van der Waals surface area contributed by atoms with Crippen LogP contribution in [-0.4, -0.2) is 30.5 Å². The number of anilines is 2. The largest absolute Gasteiger partial charge is 0.482 e. The number of hydrogen-bond acceptors (Lipinski definition) is 8. The third-order valence-electron chi connectivity index (χ3n) is 4.98. The van der Waals surface area contributed by atoms with Gasteiger partial charge in [-0.25, -0.2) is 18.2 Å². The molecule has 0 aliphatic carbocycles. The van der Waals surface area contributed by atoms with Crippen LogP contribution in [0, 0.1) is 6.92 Å². The first kappa shape index (κ1) is 20.3. The van der Waals surface area contributed by atoms with Gasteiger partial charge in [-0.2, -0.15) is 0 Å². The first-order valence-corrected chi connectivity index (χ1v) is 11.7. The lowest BCUT2D eigenvalue weighted by Crippen LogP contribution is -2.25. The first-order valence-electron chi connectivity index (χ1n) is 9.38. The average Bonchev–Trinajstić information content (AvgIpc) is 3.25. The second kappa shape index (κ2) is 7.21. The standard InChI is InChI=1S/C20H16N4O6S2/c1-10-18(11-3-6-15-13(7-11)21-17(25)9-29-15)22-19(31-10)23-32(27,28)12-4-5-14-16(8-12)30-20(26)24(14)2/h3-8H,9H2,1-2H3,(H,21,25)(H,22,23). The molecular formula is C20H16N4O6S2. The number of amides is 1. The lowest BCUT2D eigenvalue weighted by Gasteiger charge is -2.18. The highest BCUT2D eigenvalue weighted by molar-refractivity contribution is 7.93. The Morgan fingerprint density at radius 2 is 2.00 bits per heavy atom. The molecule has 10 nitrogen and oxygen atoms in total. The van der Waals surface area contributed by atoms with Gasteiger partial charge in [0, 0.05) is 23.6 Å². The Morgan fingerprint density at radius 3 is 2.81 bits per heavy atom. The second-order valence-electron chi connectivity index (χ2n) is 7.13. The number of nitrogens with one attached hydrogen (secondary N) is 2. The van der Waals surface area contributed by atoms with Crippen molar-refractivity contribution in [3.05, 3.63) is 51.8 Å². The van der Waals surface area contributed by atoms with E-state index in [-0.39, 0.29) is 28.1 Å². The van der Waals surface area contributed by atoms with E-state index in [1.807, 2.05) is 6.92 Å². The highest BCUT2D eigenvalue weighted by Crippen LogP contribution is 2.36. The zero-order valence-electron chi connectivity index (χ0n) is 16.8. The van der Waals surface area contributed by atoms with Crippen LogP contribution in [-0.2, 0) is 21.9 Å². The highest BCUT2D eigenvalue weighted by atomic mass is 32.2. The van der Waals surface area contributed by atoms with Crippen LogP contribution in [0.5, 0.6) is 5.75 Å². The Morgan fingerprint density at radius 1 is 1.19 bits per heavy atom. The van der Waals surface area contributed by atoms with Crippen LogP contribution in [0.1, 0.15) is 4.88 Å². The van der Waals surface area contributed by atoms with Gasteiger partial charge in [0.15, 0.2) is 17.3 Å². The fourth-order valence-electron chi connectivity index (χ4n) is 3.39. The Labute approximate surface area is 185 Å². The molecule has 1 aliphatic heterocycles. The molecule has 4 aromatic rings. The monoisotopic (exact) mass is 472 g/mol. The number of aromatic nitrogens is 2. The molecule has 5 rings (SSSR count). The van der Waals surface area contributed by atoms with Gasteiger partial charge in [-0.1, -0.05) is 0 Å². The normalized spacial score (nSPS) is 13.5. The second-order valence-corrected chi connectivity index (χ2v) is 10.0. The van der Waals surface area contributed by atoms with Crippen molar-refractivity contribution >= 4 is 49.2 Å². The Balaban J connectivity index is 1.46. The number of hydrogen-bond donors (Lipinski definition) is 2. The van der Waals surface area contributed by atoms with Crippen molar-refractivity contribution in [3.8, 4) is 17.0 Å². The van der Waals surface area contributed by atoms with Crippen LogP contribution in [0.15, 0.2) is 50.5 Å². The molecule has 1 amide bonds. The van der Waals surface area contributed by atoms with E-state index >= 15 is 0 Å². The van der Waals surface area contributed by atoms with Gasteiger partial charge in [-0.3, -0.25) is 14.1 Å². The van der Waals surface area contributed by atoms with Gasteiger partial charge in [0.25, 0.3) is 15.9 Å². The summed E-state index contributed by atoms with van der Waals surface area (Å²) in [5.41, 5.74) is 2.49. The summed E-state index contributed by atoms with van der Waals surface area (Å²) >= 11 is 1.18. The number of carbonyl (C=O) groups is 1. The lowest BCUT2D eigenvalue weighted by molar-refractivity contribution is -0.118. The molecule has 0 radical (unpaired) electrons. The van der Waals surface area contributed by atoms with Crippen LogP contribution < -0.4 is 20.5 Å². The van der Waals surface area contributed by atoms with E-state index < -0.39 is 15.8 Å². The molecule has 12 heteroatoms. The fourth-order valence-corrected chi connectivity index (χ4v) is 5.48. The van der Waals surface area contributed by atoms with Crippen molar-refractivity contribution in [2.45, 2.75) is 11.8 Å². The maximum atomic E-state index is 12.9. The molecule has 32 heavy (non-hydrogen) atoms. The van der Waals surface area contributed by atoms with Crippen molar-refractivity contribution < 1.29 is 22.4 Å². The molecule has 2 N–H and O–H groups in total. The molecule has 0 bridgehead atoms. The van der Waals surface area contributed by atoms with Gasteiger partial charge in [-0.05, 0) is 37.3 Å². The number of sulfonamides is 1. The molecule has 0 atom stereocenters. The van der Waals surface area contributed by atoms with Gasteiger partial charge < -0.3 is 14.5 Å². The number of aryl methyl sites for hydroxylation is 2. The van der Waals surface area contributed by atoms with Crippen molar-refractivity contribution in [2.24, 2.45) is 7.05 Å². The Bertz CT molecular complexity index is 1560. The van der Waals surface area contributed by atoms with E-state index in [1.54, 1.807) is 25.2 Å². The number of oxazole rings is 1. The number of nitrogens with zero attached hydrogens (tertiary/aromatic N) is 2. The topological polar surface area (TPSA) is 133 Å². The van der Waals surface area contributed by atoms with E-state index in [0.717, 1.165) is 4.88 Å². The number of thiazole rings is 1. The Kier molecular flexibility index (Phi) is 4.57. The van der Waals surface area contributed by atoms with E-state index in [2.05, 4.69) is 15.0 Å². The predicted molar refractivity (Wildman–Crippen MR) is 119 cm³/mol. The van der Waals surface area contributed by atoms with Crippen LogP contribution >= 0.6 is 11.3 Å². The van der Waals surface area contributed by atoms with Gasteiger partial charge in [0.1, 0.15) is 5.75 Å². The minimum Gasteiger partial charge on any atom is -0.482 e. The van der Waals surface area contributed by atoms with Crippen molar-refractivity contribution in [3.63, 3.8) is 0 Å². The van der Waals surface area contributed by atoms with Crippen molar-refractivity contribution in [2.75, 3.05) is 16.6 Å². The number of ether oxygens (including phenoxy) is 1. The molecule has 2 aromatic carbocycles. The smallest absolute Gasteiger partial charge is 0.419 e. The molecule has 0 fully saturated rings. The van der Waals surface area contributed by atoms with Crippen LogP contribution in [0.25, 0.3) is 22.4 Å². The van der Waals surface area contributed by atoms with E-state index in [4.69, 9.17) is 9.15 Å². The quantitative estimate of drug-likeness (QED) is 0.467. The summed E-state index contributed by atoms with van der Waals surface area (Å²) in [5.74, 6) is -0.260. The summed E-state index contributed by atoms with van der Waals surface area (Å²) in [5, 5.41) is 2.93. The summed E-state index contributed by atoms with van der Waals surface area (Å²) in [7, 11) is -2.43. The maximum Gasteiger partial charge on any atom is 0.419 e. The predicted octanol–water partition coefficient (Wildman–Crippen LogP) is 2.70. The lowest BCUT2D eigenvalue weighted by atomic mass is 10.1. The van der Waals surface area contributed by atoms with Gasteiger partial charge in [0.05, 0.1) is 21.8 Å². The average molecular weight is 473 g/mol.